The first kappa shape index (κ1) is 20.6. The van der Waals surface area contributed by atoms with Crippen molar-refractivity contribution in [2.24, 2.45) is 0 Å². The van der Waals surface area contributed by atoms with Gasteiger partial charge in [-0.3, -0.25) is 4.90 Å². The van der Waals surface area contributed by atoms with Crippen LogP contribution in [0.5, 0.6) is 5.75 Å². The zero-order valence-corrected chi connectivity index (χ0v) is 19.1. The second-order valence-electron chi connectivity index (χ2n) is 7.52. The van der Waals surface area contributed by atoms with Crippen molar-refractivity contribution in [1.82, 2.24) is 4.90 Å². The van der Waals surface area contributed by atoms with Crippen LogP contribution in [0.4, 0.5) is 0 Å². The van der Waals surface area contributed by atoms with Gasteiger partial charge in [-0.25, -0.2) is 0 Å². The quantitative estimate of drug-likeness (QED) is 0.449. The standard InChI is InChI=1S/C24H23Br2NO2/c25-20-14-17(23(28)21(26)15-20)16-27-13-7-12-22(27)24(29,18-8-3-1-4-9-18)19-10-5-2-6-11-19/h1-6,8-11,14-15,22,28-29H,7,12-13,16H2/t22-/m0/s1. The molecule has 3 nitrogen and oxygen atoms in total. The zero-order valence-electron chi connectivity index (χ0n) is 15.9. The molecule has 1 heterocycles. The average molecular weight is 517 g/mol. The number of likely N-dealkylation sites (tertiary alicyclic amines) is 1. The topological polar surface area (TPSA) is 43.7 Å². The van der Waals surface area contributed by atoms with Crippen LogP contribution in [0, 0.1) is 0 Å². The van der Waals surface area contributed by atoms with Crippen LogP contribution in [-0.2, 0) is 12.1 Å². The molecule has 0 saturated carbocycles. The van der Waals surface area contributed by atoms with Crippen LogP contribution in [0.2, 0.25) is 0 Å². The molecule has 150 valence electrons. The predicted molar refractivity (Wildman–Crippen MR) is 123 cm³/mol. The van der Waals surface area contributed by atoms with E-state index in [2.05, 4.69) is 36.8 Å². The number of hydrogen-bond acceptors (Lipinski definition) is 3. The molecule has 1 aliphatic rings. The minimum atomic E-state index is -1.13. The summed E-state index contributed by atoms with van der Waals surface area (Å²) in [6.45, 7) is 1.44. The highest BCUT2D eigenvalue weighted by Gasteiger charge is 2.45. The van der Waals surface area contributed by atoms with Gasteiger partial charge in [-0.1, -0.05) is 76.6 Å². The van der Waals surface area contributed by atoms with Gasteiger partial charge in [-0.2, -0.15) is 0 Å². The Morgan fingerprint density at radius 2 is 1.52 bits per heavy atom. The van der Waals surface area contributed by atoms with Crippen LogP contribution in [0.1, 0.15) is 29.5 Å². The summed E-state index contributed by atoms with van der Waals surface area (Å²) >= 11 is 6.94. The lowest BCUT2D eigenvalue weighted by Crippen LogP contribution is -2.48. The summed E-state index contributed by atoms with van der Waals surface area (Å²) in [5.41, 5.74) is 1.49. The van der Waals surface area contributed by atoms with Crippen molar-refractivity contribution in [2.45, 2.75) is 31.0 Å². The number of phenols is 1. The maximum atomic E-state index is 12.2. The van der Waals surface area contributed by atoms with Crippen molar-refractivity contribution < 1.29 is 10.2 Å². The zero-order chi connectivity index (χ0) is 20.4. The first-order chi connectivity index (χ1) is 14.0. The van der Waals surface area contributed by atoms with Crippen molar-refractivity contribution in [3.63, 3.8) is 0 Å². The average Bonchev–Trinajstić information content (AvgIpc) is 3.21. The van der Waals surface area contributed by atoms with E-state index < -0.39 is 5.60 Å². The van der Waals surface area contributed by atoms with Gasteiger partial charge in [0, 0.05) is 22.6 Å². The van der Waals surface area contributed by atoms with Gasteiger partial charge < -0.3 is 10.2 Å². The minimum Gasteiger partial charge on any atom is -0.506 e. The Balaban J connectivity index is 1.75. The molecule has 0 spiro atoms. The van der Waals surface area contributed by atoms with Crippen LogP contribution >= 0.6 is 31.9 Å². The predicted octanol–water partition coefficient (Wildman–Crippen LogP) is 5.82. The Morgan fingerprint density at radius 1 is 0.931 bits per heavy atom. The second kappa shape index (κ2) is 8.60. The lowest BCUT2D eigenvalue weighted by atomic mass is 9.79. The summed E-state index contributed by atoms with van der Waals surface area (Å²) in [6.07, 6.45) is 1.89. The Bertz CT molecular complexity index is 939. The molecule has 4 rings (SSSR count). The molecule has 3 aromatic carbocycles. The van der Waals surface area contributed by atoms with Crippen molar-refractivity contribution in [1.29, 1.82) is 0 Å². The molecule has 0 aromatic heterocycles. The van der Waals surface area contributed by atoms with E-state index in [1.54, 1.807) is 0 Å². The van der Waals surface area contributed by atoms with E-state index in [0.29, 0.717) is 11.0 Å². The van der Waals surface area contributed by atoms with Gasteiger partial charge in [0.25, 0.3) is 0 Å². The smallest absolute Gasteiger partial charge is 0.134 e. The first-order valence-corrected chi connectivity index (χ1v) is 11.3. The number of hydrogen-bond donors (Lipinski definition) is 2. The van der Waals surface area contributed by atoms with Gasteiger partial charge in [0.2, 0.25) is 0 Å². The van der Waals surface area contributed by atoms with Crippen molar-refractivity contribution in [2.75, 3.05) is 6.54 Å². The maximum Gasteiger partial charge on any atom is 0.134 e. The maximum absolute atomic E-state index is 12.2. The molecule has 0 bridgehead atoms. The van der Waals surface area contributed by atoms with Crippen LogP contribution in [0.25, 0.3) is 0 Å². The second-order valence-corrected chi connectivity index (χ2v) is 9.29. The SMILES string of the molecule is Oc1c(Br)cc(Br)cc1CN1CCC[C@H]1C(O)(c1ccccc1)c1ccccc1. The van der Waals surface area contributed by atoms with Gasteiger partial charge in [0.15, 0.2) is 0 Å². The molecule has 0 radical (unpaired) electrons. The first-order valence-electron chi connectivity index (χ1n) is 9.74. The Morgan fingerprint density at radius 3 is 2.10 bits per heavy atom. The molecule has 0 unspecified atom stereocenters. The largest absolute Gasteiger partial charge is 0.506 e. The molecule has 1 atom stereocenters. The molecule has 0 aliphatic carbocycles. The molecule has 0 amide bonds. The molecule has 1 fully saturated rings. The third kappa shape index (κ3) is 4.02. The minimum absolute atomic E-state index is 0.0931. The number of aromatic hydroxyl groups is 1. The number of phenolic OH excluding ortho intramolecular Hbond substituents is 1. The Kier molecular flexibility index (Phi) is 6.11. The Hall–Kier alpha value is -1.66. The van der Waals surface area contributed by atoms with E-state index in [4.69, 9.17) is 0 Å². The van der Waals surface area contributed by atoms with Gasteiger partial charge >= 0.3 is 0 Å². The summed E-state index contributed by atoms with van der Waals surface area (Å²) < 4.78 is 1.58. The van der Waals surface area contributed by atoms with E-state index in [9.17, 15) is 10.2 Å². The fourth-order valence-electron chi connectivity index (χ4n) is 4.38. The highest BCUT2D eigenvalue weighted by atomic mass is 79.9. The summed E-state index contributed by atoms with van der Waals surface area (Å²) in [5.74, 6) is 0.252. The lowest BCUT2D eigenvalue weighted by molar-refractivity contribution is -0.00673. The van der Waals surface area contributed by atoms with Crippen LogP contribution < -0.4 is 0 Å². The summed E-state index contributed by atoms with van der Waals surface area (Å²) in [4.78, 5) is 2.29. The number of rotatable bonds is 5. The normalized spacial score (nSPS) is 17.6. The molecule has 29 heavy (non-hydrogen) atoms. The van der Waals surface area contributed by atoms with E-state index in [1.165, 1.54) is 0 Å². The van der Waals surface area contributed by atoms with Gasteiger partial charge in [0.05, 0.1) is 4.47 Å². The van der Waals surface area contributed by atoms with E-state index in [-0.39, 0.29) is 11.8 Å². The van der Waals surface area contributed by atoms with Crippen molar-refractivity contribution >= 4 is 31.9 Å². The molecule has 5 heteroatoms. The van der Waals surface area contributed by atoms with Crippen molar-refractivity contribution in [3.05, 3.63) is 98.4 Å². The van der Waals surface area contributed by atoms with Gasteiger partial charge in [0.1, 0.15) is 11.4 Å². The Labute approximate surface area is 188 Å². The number of aliphatic hydroxyl groups is 1. The summed E-state index contributed by atoms with van der Waals surface area (Å²) in [7, 11) is 0. The molecule has 2 N–H and O–H groups in total. The summed E-state index contributed by atoms with van der Waals surface area (Å²) in [6, 6.07) is 23.5. The molecule has 1 aliphatic heterocycles. The van der Waals surface area contributed by atoms with E-state index in [0.717, 1.165) is 40.5 Å². The van der Waals surface area contributed by atoms with Crippen LogP contribution in [-0.4, -0.2) is 27.7 Å². The van der Waals surface area contributed by atoms with Crippen LogP contribution in [0.15, 0.2) is 81.7 Å². The van der Waals surface area contributed by atoms with E-state index in [1.807, 2.05) is 72.8 Å². The fourth-order valence-corrected chi connectivity index (χ4v) is 5.70. The fraction of sp³-hybridized carbons (Fsp3) is 0.250. The summed E-state index contributed by atoms with van der Waals surface area (Å²) in [5, 5.41) is 22.7. The number of halogens is 2. The monoisotopic (exact) mass is 515 g/mol. The van der Waals surface area contributed by atoms with Crippen LogP contribution in [0.3, 0.4) is 0 Å². The molecular formula is C24H23Br2NO2. The lowest BCUT2D eigenvalue weighted by Gasteiger charge is -2.40. The van der Waals surface area contributed by atoms with Gasteiger partial charge in [-0.05, 0) is 58.6 Å². The molecule has 3 aromatic rings. The van der Waals surface area contributed by atoms with Crippen molar-refractivity contribution in [3.8, 4) is 5.75 Å². The molecule has 1 saturated heterocycles. The van der Waals surface area contributed by atoms with E-state index >= 15 is 0 Å². The third-order valence-corrected chi connectivity index (χ3v) is 6.82. The number of benzene rings is 3. The highest BCUT2D eigenvalue weighted by Crippen LogP contribution is 2.42. The third-order valence-electron chi connectivity index (χ3n) is 5.75. The number of nitrogens with zero attached hydrogens (tertiary/aromatic N) is 1. The van der Waals surface area contributed by atoms with Gasteiger partial charge in [-0.15, -0.1) is 0 Å². The highest BCUT2D eigenvalue weighted by molar-refractivity contribution is 9.11. The molecular weight excluding hydrogens is 494 g/mol.